The number of rotatable bonds is 4. The molecule has 1 aliphatic heterocycles. The van der Waals surface area contributed by atoms with E-state index in [0.29, 0.717) is 6.42 Å². The summed E-state index contributed by atoms with van der Waals surface area (Å²) in [6.07, 6.45) is 8.14. The molecular formula is C20H21N3OS. The number of pyridine rings is 1. The molecule has 1 aromatic carbocycles. The van der Waals surface area contributed by atoms with Crippen molar-refractivity contribution in [2.45, 2.75) is 38.1 Å². The number of carbonyl (C=O) groups is 1. The van der Waals surface area contributed by atoms with E-state index in [2.05, 4.69) is 16.0 Å². The van der Waals surface area contributed by atoms with E-state index < -0.39 is 0 Å². The van der Waals surface area contributed by atoms with Crippen LogP contribution >= 0.6 is 11.3 Å². The molecule has 0 bridgehead atoms. The lowest BCUT2D eigenvalue weighted by Crippen LogP contribution is -2.38. The molecule has 1 atom stereocenters. The summed E-state index contributed by atoms with van der Waals surface area (Å²) in [5, 5.41) is 1.08. The smallest absolute Gasteiger partial charge is 0.223 e. The van der Waals surface area contributed by atoms with Crippen molar-refractivity contribution in [3.05, 3.63) is 59.4 Å². The topological polar surface area (TPSA) is 46.1 Å². The molecule has 0 aliphatic carbocycles. The third-order valence-electron chi connectivity index (χ3n) is 4.77. The van der Waals surface area contributed by atoms with Crippen LogP contribution in [0.3, 0.4) is 0 Å². The molecule has 1 amide bonds. The molecule has 5 heteroatoms. The highest BCUT2D eigenvalue weighted by atomic mass is 32.1. The zero-order valence-electron chi connectivity index (χ0n) is 14.1. The van der Waals surface area contributed by atoms with E-state index in [1.807, 2.05) is 36.5 Å². The third kappa shape index (κ3) is 3.56. The van der Waals surface area contributed by atoms with Crippen LogP contribution < -0.4 is 0 Å². The number of hydrogen-bond acceptors (Lipinski definition) is 4. The molecule has 3 heterocycles. The maximum Gasteiger partial charge on any atom is 0.223 e. The van der Waals surface area contributed by atoms with Gasteiger partial charge in [0.05, 0.1) is 16.3 Å². The van der Waals surface area contributed by atoms with E-state index in [0.717, 1.165) is 48.3 Å². The second-order valence-corrected chi connectivity index (χ2v) is 7.54. The van der Waals surface area contributed by atoms with Gasteiger partial charge in [0, 0.05) is 25.4 Å². The van der Waals surface area contributed by atoms with Crippen molar-refractivity contribution in [3.63, 3.8) is 0 Å². The minimum atomic E-state index is 0.132. The lowest BCUT2D eigenvalue weighted by molar-refractivity contribution is -0.135. The molecule has 4 nitrogen and oxygen atoms in total. The van der Waals surface area contributed by atoms with E-state index in [9.17, 15) is 4.79 Å². The van der Waals surface area contributed by atoms with E-state index in [1.54, 1.807) is 17.5 Å². The molecule has 3 aromatic rings. The summed E-state index contributed by atoms with van der Waals surface area (Å²) in [6, 6.07) is 12.3. The van der Waals surface area contributed by atoms with E-state index >= 15 is 0 Å². The summed E-state index contributed by atoms with van der Waals surface area (Å²) in [5.74, 6) is 0.229. The summed E-state index contributed by atoms with van der Waals surface area (Å²) < 4.78 is 1.20. The Bertz CT molecular complexity index is 829. The summed E-state index contributed by atoms with van der Waals surface area (Å²) >= 11 is 1.72. The zero-order chi connectivity index (χ0) is 17.1. The second kappa shape index (κ2) is 7.31. The van der Waals surface area contributed by atoms with Crippen LogP contribution in [0.25, 0.3) is 10.2 Å². The van der Waals surface area contributed by atoms with Gasteiger partial charge in [-0.15, -0.1) is 11.3 Å². The number of nitrogens with zero attached hydrogens (tertiary/aromatic N) is 3. The van der Waals surface area contributed by atoms with Crippen LogP contribution in [0.15, 0.2) is 48.8 Å². The Kier molecular flexibility index (Phi) is 4.74. The number of aryl methyl sites for hydroxylation is 1. The summed E-state index contributed by atoms with van der Waals surface area (Å²) in [5.41, 5.74) is 2.15. The predicted octanol–water partition coefficient (Wildman–Crippen LogP) is 4.38. The van der Waals surface area contributed by atoms with Crippen molar-refractivity contribution in [3.8, 4) is 0 Å². The van der Waals surface area contributed by atoms with Gasteiger partial charge in [0.1, 0.15) is 5.01 Å². The van der Waals surface area contributed by atoms with Gasteiger partial charge in [0.25, 0.3) is 0 Å². The fraction of sp³-hybridized carbons (Fsp3) is 0.350. The van der Waals surface area contributed by atoms with Gasteiger partial charge in [-0.25, -0.2) is 4.98 Å². The number of hydrogen-bond donors (Lipinski definition) is 0. The van der Waals surface area contributed by atoms with Gasteiger partial charge in [0.2, 0.25) is 5.91 Å². The number of likely N-dealkylation sites (tertiary alicyclic amines) is 1. The Labute approximate surface area is 151 Å². The first-order chi connectivity index (χ1) is 12.3. The number of para-hydroxylation sites is 1. The highest BCUT2D eigenvalue weighted by Crippen LogP contribution is 2.36. The highest BCUT2D eigenvalue weighted by Gasteiger charge is 2.29. The molecule has 1 saturated heterocycles. The van der Waals surface area contributed by atoms with Gasteiger partial charge in [0.15, 0.2) is 0 Å². The highest BCUT2D eigenvalue weighted by molar-refractivity contribution is 7.18. The van der Waals surface area contributed by atoms with Crippen molar-refractivity contribution < 1.29 is 4.79 Å². The molecule has 4 rings (SSSR count). The Morgan fingerprint density at radius 2 is 2.12 bits per heavy atom. The Morgan fingerprint density at radius 1 is 1.20 bits per heavy atom. The molecule has 0 N–H and O–H groups in total. The molecule has 0 saturated carbocycles. The minimum absolute atomic E-state index is 0.132. The number of aromatic nitrogens is 2. The Hall–Kier alpha value is -2.27. The molecule has 2 aromatic heterocycles. The number of carbonyl (C=O) groups excluding carboxylic acids is 1. The molecule has 0 unspecified atom stereocenters. The Balaban J connectivity index is 1.51. The van der Waals surface area contributed by atoms with Gasteiger partial charge in [-0.05, 0) is 49.4 Å². The summed E-state index contributed by atoms with van der Waals surface area (Å²) in [7, 11) is 0. The van der Waals surface area contributed by atoms with Crippen LogP contribution in [-0.4, -0.2) is 27.3 Å². The number of fused-ring (bicyclic) bond motifs is 1. The fourth-order valence-electron chi connectivity index (χ4n) is 3.46. The van der Waals surface area contributed by atoms with Crippen LogP contribution in [0.1, 0.15) is 42.3 Å². The summed E-state index contributed by atoms with van der Waals surface area (Å²) in [6.45, 7) is 0.840. The molecule has 1 fully saturated rings. The largest absolute Gasteiger partial charge is 0.333 e. The van der Waals surface area contributed by atoms with Crippen LogP contribution in [-0.2, 0) is 11.2 Å². The SMILES string of the molecule is O=C(CCc1cccnc1)N1CCCC[C@H]1c1nc2ccccc2s1. The fourth-order valence-corrected chi connectivity index (χ4v) is 4.58. The number of amides is 1. The minimum Gasteiger partial charge on any atom is -0.333 e. The maximum absolute atomic E-state index is 12.9. The number of piperidine rings is 1. The number of benzene rings is 1. The normalized spacial score (nSPS) is 17.8. The Morgan fingerprint density at radius 3 is 2.96 bits per heavy atom. The van der Waals surface area contributed by atoms with Crippen molar-refractivity contribution >= 4 is 27.5 Å². The van der Waals surface area contributed by atoms with E-state index in [1.165, 1.54) is 4.70 Å². The van der Waals surface area contributed by atoms with Gasteiger partial charge in [-0.2, -0.15) is 0 Å². The van der Waals surface area contributed by atoms with Crippen LogP contribution in [0.2, 0.25) is 0 Å². The first-order valence-corrected chi connectivity index (χ1v) is 9.67. The first kappa shape index (κ1) is 16.2. The number of thiazole rings is 1. The van der Waals surface area contributed by atoms with Crippen LogP contribution in [0.5, 0.6) is 0 Å². The summed E-state index contributed by atoms with van der Waals surface area (Å²) in [4.78, 5) is 23.8. The lowest BCUT2D eigenvalue weighted by Gasteiger charge is -2.34. The van der Waals surface area contributed by atoms with Crippen molar-refractivity contribution in [1.82, 2.24) is 14.9 Å². The van der Waals surface area contributed by atoms with Crippen molar-refractivity contribution in [2.24, 2.45) is 0 Å². The quantitative estimate of drug-likeness (QED) is 0.701. The van der Waals surface area contributed by atoms with Crippen LogP contribution in [0, 0.1) is 0 Å². The molecule has 0 radical (unpaired) electrons. The standard InChI is InChI=1S/C20H21N3OS/c24-19(11-10-15-6-5-12-21-14-15)23-13-4-3-8-17(23)20-22-16-7-1-2-9-18(16)25-20/h1-2,5-7,9,12,14,17H,3-4,8,10-11,13H2/t17-/m0/s1. The zero-order valence-corrected chi connectivity index (χ0v) is 14.9. The molecule has 25 heavy (non-hydrogen) atoms. The molecule has 0 spiro atoms. The van der Waals surface area contributed by atoms with Gasteiger partial charge in [-0.3, -0.25) is 9.78 Å². The van der Waals surface area contributed by atoms with E-state index in [-0.39, 0.29) is 11.9 Å². The van der Waals surface area contributed by atoms with Gasteiger partial charge >= 0.3 is 0 Å². The van der Waals surface area contributed by atoms with Crippen molar-refractivity contribution in [1.29, 1.82) is 0 Å². The van der Waals surface area contributed by atoms with Gasteiger partial charge in [-0.1, -0.05) is 18.2 Å². The molecule has 128 valence electrons. The second-order valence-electron chi connectivity index (χ2n) is 6.48. The maximum atomic E-state index is 12.9. The third-order valence-corrected chi connectivity index (χ3v) is 5.91. The predicted molar refractivity (Wildman–Crippen MR) is 100 cm³/mol. The average Bonchev–Trinajstić information content (AvgIpc) is 3.11. The lowest BCUT2D eigenvalue weighted by atomic mass is 10.0. The first-order valence-electron chi connectivity index (χ1n) is 8.85. The van der Waals surface area contributed by atoms with Crippen LogP contribution in [0.4, 0.5) is 0 Å². The van der Waals surface area contributed by atoms with Gasteiger partial charge < -0.3 is 4.90 Å². The monoisotopic (exact) mass is 351 g/mol. The molecular weight excluding hydrogens is 330 g/mol. The molecule has 1 aliphatic rings. The van der Waals surface area contributed by atoms with E-state index in [4.69, 9.17) is 4.98 Å². The average molecular weight is 351 g/mol. The van der Waals surface area contributed by atoms with Crippen molar-refractivity contribution in [2.75, 3.05) is 6.54 Å².